The predicted molar refractivity (Wildman–Crippen MR) is 157 cm³/mol. The summed E-state index contributed by atoms with van der Waals surface area (Å²) >= 11 is 20.9. The molecule has 1 aromatic heterocycles. The summed E-state index contributed by atoms with van der Waals surface area (Å²) in [5, 5.41) is 2.31. The standard InChI is InChI=1S/C30H28Cl3NO3S/c1-19-28(38-29(34-19)22-9-13-23(31)14-10-22)25(36-17-20-7-5-4-6-8-20)16-12-21-11-15-24(27(33)26(21)32)37-30(2,3)18-35/h4-11,13-15,18,25H,12,16-17H2,1-3H3. The Kier molecular flexibility index (Phi) is 9.50. The molecule has 0 fully saturated rings. The highest BCUT2D eigenvalue weighted by molar-refractivity contribution is 7.15. The normalized spacial score (nSPS) is 12.4. The second-order valence-corrected chi connectivity index (χ2v) is 11.7. The Morgan fingerprint density at radius 2 is 1.68 bits per heavy atom. The zero-order chi connectivity index (χ0) is 27.3. The molecule has 4 rings (SSSR count). The zero-order valence-corrected chi connectivity index (χ0v) is 24.4. The van der Waals surface area contributed by atoms with Crippen LogP contribution in [-0.4, -0.2) is 16.9 Å². The third-order valence-corrected chi connectivity index (χ3v) is 8.42. The molecule has 0 saturated heterocycles. The molecule has 3 aromatic carbocycles. The van der Waals surface area contributed by atoms with Gasteiger partial charge in [0.1, 0.15) is 15.8 Å². The van der Waals surface area contributed by atoms with Crippen molar-refractivity contribution in [1.29, 1.82) is 0 Å². The van der Waals surface area contributed by atoms with Gasteiger partial charge in [-0.05, 0) is 62.9 Å². The fourth-order valence-corrected chi connectivity index (χ4v) is 5.68. The maximum absolute atomic E-state index is 11.3. The number of hydrogen-bond donors (Lipinski definition) is 0. The Morgan fingerprint density at radius 3 is 2.37 bits per heavy atom. The molecule has 38 heavy (non-hydrogen) atoms. The SMILES string of the molecule is Cc1nc(-c2ccc(Cl)cc2)sc1C(CCc1ccc(OC(C)(C)C=O)c(Cl)c1Cl)OCc1ccccc1. The van der Waals surface area contributed by atoms with Crippen LogP contribution in [0.1, 0.15) is 48.1 Å². The summed E-state index contributed by atoms with van der Waals surface area (Å²) in [5.74, 6) is 0.375. The van der Waals surface area contributed by atoms with Crippen molar-refractivity contribution in [3.05, 3.63) is 103 Å². The van der Waals surface area contributed by atoms with Gasteiger partial charge in [0.2, 0.25) is 0 Å². The van der Waals surface area contributed by atoms with Crippen LogP contribution in [0.4, 0.5) is 0 Å². The Hall–Kier alpha value is -2.41. The van der Waals surface area contributed by atoms with E-state index < -0.39 is 5.60 Å². The highest BCUT2D eigenvalue weighted by Crippen LogP contribution is 2.40. The van der Waals surface area contributed by atoms with E-state index in [2.05, 4.69) is 0 Å². The minimum absolute atomic E-state index is 0.200. The first-order chi connectivity index (χ1) is 18.2. The van der Waals surface area contributed by atoms with E-state index in [4.69, 9.17) is 49.3 Å². The number of ether oxygens (including phenoxy) is 2. The van der Waals surface area contributed by atoms with Crippen LogP contribution in [0.5, 0.6) is 5.75 Å². The number of halogens is 3. The van der Waals surface area contributed by atoms with Crippen LogP contribution in [0.2, 0.25) is 15.1 Å². The molecule has 0 bridgehead atoms. The number of thiazole rings is 1. The fraction of sp³-hybridized carbons (Fsp3) is 0.267. The lowest BCUT2D eigenvalue weighted by atomic mass is 10.0. The van der Waals surface area contributed by atoms with Crippen LogP contribution in [0.3, 0.4) is 0 Å². The summed E-state index contributed by atoms with van der Waals surface area (Å²) in [6, 6.07) is 21.4. The van der Waals surface area contributed by atoms with Crippen LogP contribution in [0.25, 0.3) is 10.6 Å². The summed E-state index contributed by atoms with van der Waals surface area (Å²) in [6.45, 7) is 5.82. The van der Waals surface area contributed by atoms with Gasteiger partial charge in [-0.3, -0.25) is 4.79 Å². The summed E-state index contributed by atoms with van der Waals surface area (Å²) in [4.78, 5) is 17.2. The molecule has 0 aliphatic rings. The van der Waals surface area contributed by atoms with Gasteiger partial charge in [0.05, 0.1) is 28.3 Å². The minimum atomic E-state index is -1.00. The van der Waals surface area contributed by atoms with Crippen LogP contribution in [-0.2, 0) is 22.6 Å². The Labute approximate surface area is 242 Å². The summed E-state index contributed by atoms with van der Waals surface area (Å²) in [7, 11) is 0. The monoisotopic (exact) mass is 587 g/mol. The number of hydrogen-bond acceptors (Lipinski definition) is 5. The van der Waals surface area contributed by atoms with Gasteiger partial charge < -0.3 is 9.47 Å². The third kappa shape index (κ3) is 7.16. The fourth-order valence-electron chi connectivity index (χ4n) is 3.92. The second-order valence-electron chi connectivity index (χ2n) is 9.47. The highest BCUT2D eigenvalue weighted by atomic mass is 35.5. The predicted octanol–water partition coefficient (Wildman–Crippen LogP) is 9.33. The maximum atomic E-state index is 11.3. The van der Waals surface area contributed by atoms with Crippen LogP contribution >= 0.6 is 46.1 Å². The van der Waals surface area contributed by atoms with Gasteiger partial charge in [-0.2, -0.15) is 0 Å². The van der Waals surface area contributed by atoms with E-state index in [-0.39, 0.29) is 6.10 Å². The van der Waals surface area contributed by atoms with Crippen LogP contribution in [0.15, 0.2) is 66.7 Å². The molecule has 0 saturated carbocycles. The molecule has 0 amide bonds. The molecule has 198 valence electrons. The molecule has 0 N–H and O–H groups in total. The Bertz CT molecular complexity index is 1390. The largest absolute Gasteiger partial charge is 0.479 e. The van der Waals surface area contributed by atoms with E-state index in [9.17, 15) is 4.79 Å². The molecule has 0 aliphatic heterocycles. The number of nitrogens with zero attached hydrogens (tertiary/aromatic N) is 1. The lowest BCUT2D eigenvalue weighted by molar-refractivity contribution is -0.118. The van der Waals surface area contributed by atoms with Crippen LogP contribution < -0.4 is 4.74 Å². The van der Waals surface area contributed by atoms with Crippen molar-refractivity contribution in [3.8, 4) is 16.3 Å². The van der Waals surface area contributed by atoms with Crippen molar-refractivity contribution in [3.63, 3.8) is 0 Å². The number of aryl methyl sites for hydroxylation is 2. The molecule has 1 heterocycles. The van der Waals surface area contributed by atoms with Gasteiger partial charge in [-0.25, -0.2) is 4.98 Å². The molecule has 1 unspecified atom stereocenters. The van der Waals surface area contributed by atoms with E-state index in [1.165, 1.54) is 0 Å². The number of rotatable bonds is 11. The van der Waals surface area contributed by atoms with Crippen LogP contribution in [0, 0.1) is 6.92 Å². The van der Waals surface area contributed by atoms with Crippen molar-refractivity contribution >= 4 is 52.4 Å². The zero-order valence-electron chi connectivity index (χ0n) is 21.3. The number of benzene rings is 3. The Morgan fingerprint density at radius 1 is 0.974 bits per heavy atom. The summed E-state index contributed by atoms with van der Waals surface area (Å²) < 4.78 is 12.2. The molecular weight excluding hydrogens is 561 g/mol. The van der Waals surface area contributed by atoms with Gasteiger partial charge in [-0.15, -0.1) is 11.3 Å². The molecular formula is C30H28Cl3NO3S. The van der Waals surface area contributed by atoms with Gasteiger partial charge in [0.15, 0.2) is 11.9 Å². The minimum Gasteiger partial charge on any atom is -0.479 e. The molecule has 4 nitrogen and oxygen atoms in total. The molecule has 4 aromatic rings. The van der Waals surface area contributed by atoms with Gasteiger partial charge >= 0.3 is 0 Å². The van der Waals surface area contributed by atoms with E-state index in [0.29, 0.717) is 40.3 Å². The second kappa shape index (κ2) is 12.6. The average Bonchev–Trinajstić information content (AvgIpc) is 3.30. The number of carbonyl (C=O) groups is 1. The quantitative estimate of drug-likeness (QED) is 0.164. The van der Waals surface area contributed by atoms with Crippen molar-refractivity contribution in [2.45, 2.75) is 51.9 Å². The topological polar surface area (TPSA) is 48.4 Å². The van der Waals surface area contributed by atoms with E-state index in [1.807, 2.05) is 67.6 Å². The van der Waals surface area contributed by atoms with E-state index in [1.54, 1.807) is 31.3 Å². The van der Waals surface area contributed by atoms with Crippen molar-refractivity contribution in [1.82, 2.24) is 4.98 Å². The first kappa shape index (κ1) is 28.6. The van der Waals surface area contributed by atoms with Gasteiger partial charge in [0.25, 0.3) is 0 Å². The first-order valence-electron chi connectivity index (χ1n) is 12.2. The molecule has 0 radical (unpaired) electrons. The molecule has 0 spiro atoms. The van der Waals surface area contributed by atoms with Crippen molar-refractivity contribution < 1.29 is 14.3 Å². The van der Waals surface area contributed by atoms with Gasteiger partial charge in [0, 0.05) is 10.6 Å². The van der Waals surface area contributed by atoms with Crippen molar-refractivity contribution in [2.24, 2.45) is 0 Å². The van der Waals surface area contributed by atoms with E-state index in [0.717, 1.165) is 38.6 Å². The lowest BCUT2D eigenvalue weighted by Gasteiger charge is -2.22. The first-order valence-corrected chi connectivity index (χ1v) is 14.1. The number of carbonyl (C=O) groups excluding carboxylic acids is 1. The average molecular weight is 589 g/mol. The summed E-state index contributed by atoms with van der Waals surface area (Å²) in [5.41, 5.74) is 2.91. The molecule has 1 atom stereocenters. The number of aromatic nitrogens is 1. The maximum Gasteiger partial charge on any atom is 0.162 e. The van der Waals surface area contributed by atoms with Crippen molar-refractivity contribution in [2.75, 3.05) is 0 Å². The third-order valence-electron chi connectivity index (χ3n) is 5.97. The lowest BCUT2D eigenvalue weighted by Crippen LogP contribution is -2.29. The highest BCUT2D eigenvalue weighted by Gasteiger charge is 2.24. The van der Waals surface area contributed by atoms with E-state index >= 15 is 0 Å². The number of aldehydes is 1. The smallest absolute Gasteiger partial charge is 0.162 e. The molecule has 8 heteroatoms. The summed E-state index contributed by atoms with van der Waals surface area (Å²) in [6.07, 6.45) is 1.83. The Balaban J connectivity index is 1.58. The molecule has 0 aliphatic carbocycles. The van der Waals surface area contributed by atoms with Gasteiger partial charge in [-0.1, -0.05) is 83.3 Å².